The Morgan fingerprint density at radius 2 is 2.05 bits per heavy atom. The molecule has 0 aromatic carbocycles. The van der Waals surface area contributed by atoms with Gasteiger partial charge in [0.2, 0.25) is 10.0 Å². The third-order valence-electron chi connectivity index (χ3n) is 3.64. The quantitative estimate of drug-likeness (QED) is 0.862. The van der Waals surface area contributed by atoms with Crippen molar-refractivity contribution in [3.63, 3.8) is 0 Å². The van der Waals surface area contributed by atoms with E-state index in [4.69, 9.17) is 9.52 Å². The predicted molar refractivity (Wildman–Crippen MR) is 76.0 cm³/mol. The van der Waals surface area contributed by atoms with Gasteiger partial charge in [-0.25, -0.2) is 17.5 Å². The Bertz CT molecular complexity index is 706. The van der Waals surface area contributed by atoms with Crippen molar-refractivity contribution in [1.29, 1.82) is 0 Å². The molecule has 1 aliphatic rings. The topological polar surface area (TPSA) is 108 Å². The van der Waals surface area contributed by atoms with Crippen LogP contribution in [-0.4, -0.2) is 61.3 Å². The summed E-state index contributed by atoms with van der Waals surface area (Å²) in [5.74, 6) is -1.74. The van der Waals surface area contributed by atoms with E-state index in [-0.39, 0.29) is 16.4 Å². The molecule has 1 unspecified atom stereocenters. The summed E-state index contributed by atoms with van der Waals surface area (Å²) in [5.41, 5.74) is 0. The van der Waals surface area contributed by atoms with E-state index in [1.165, 1.54) is 25.9 Å². The first-order valence-corrected chi connectivity index (χ1v) is 8.17. The van der Waals surface area contributed by atoms with Crippen molar-refractivity contribution in [2.24, 2.45) is 0 Å². The van der Waals surface area contributed by atoms with Crippen LogP contribution < -0.4 is 0 Å². The van der Waals surface area contributed by atoms with Crippen molar-refractivity contribution in [1.82, 2.24) is 9.21 Å². The van der Waals surface area contributed by atoms with Crippen LogP contribution >= 0.6 is 0 Å². The summed E-state index contributed by atoms with van der Waals surface area (Å²) in [5, 5.41) is 9.11. The number of carboxylic acid groups (broad SMARTS) is 1. The van der Waals surface area contributed by atoms with Crippen LogP contribution in [0.2, 0.25) is 0 Å². The van der Waals surface area contributed by atoms with Gasteiger partial charge in [-0.1, -0.05) is 0 Å². The molecule has 122 valence electrons. The zero-order chi connectivity index (χ0) is 16.7. The first-order valence-electron chi connectivity index (χ1n) is 6.73. The SMILES string of the molecule is Cc1oc(C(=O)N2CCCC2C(=O)O)cc1S(=O)(=O)N(C)C. The Balaban J connectivity index is 2.35. The van der Waals surface area contributed by atoms with E-state index in [1.807, 2.05) is 0 Å². The highest BCUT2D eigenvalue weighted by Gasteiger charge is 2.36. The van der Waals surface area contributed by atoms with Gasteiger partial charge in [-0.15, -0.1) is 0 Å². The van der Waals surface area contributed by atoms with Gasteiger partial charge in [-0.2, -0.15) is 0 Å². The summed E-state index contributed by atoms with van der Waals surface area (Å²) < 4.78 is 30.5. The van der Waals surface area contributed by atoms with Crippen LogP contribution in [0.4, 0.5) is 0 Å². The number of nitrogens with zero attached hydrogens (tertiary/aromatic N) is 2. The second-order valence-electron chi connectivity index (χ2n) is 5.31. The summed E-state index contributed by atoms with van der Waals surface area (Å²) >= 11 is 0. The van der Waals surface area contributed by atoms with E-state index in [0.717, 1.165) is 10.4 Å². The third-order valence-corrected chi connectivity index (χ3v) is 5.56. The van der Waals surface area contributed by atoms with Gasteiger partial charge < -0.3 is 14.4 Å². The molecule has 1 fully saturated rings. The Morgan fingerprint density at radius 1 is 1.41 bits per heavy atom. The fourth-order valence-corrected chi connectivity index (χ4v) is 3.49. The van der Waals surface area contributed by atoms with Crippen molar-refractivity contribution in [3.05, 3.63) is 17.6 Å². The Hall–Kier alpha value is -1.87. The van der Waals surface area contributed by atoms with E-state index in [0.29, 0.717) is 19.4 Å². The maximum absolute atomic E-state index is 12.4. The van der Waals surface area contributed by atoms with E-state index in [1.54, 1.807) is 0 Å². The number of carbonyl (C=O) groups is 2. The van der Waals surface area contributed by atoms with E-state index in [2.05, 4.69) is 0 Å². The van der Waals surface area contributed by atoms with Crippen LogP contribution in [0.25, 0.3) is 0 Å². The molecule has 8 nitrogen and oxygen atoms in total. The molecular formula is C13H18N2O6S. The van der Waals surface area contributed by atoms with Crippen LogP contribution in [0.1, 0.15) is 29.2 Å². The van der Waals surface area contributed by atoms with Crippen LogP contribution in [0.3, 0.4) is 0 Å². The summed E-state index contributed by atoms with van der Waals surface area (Å²) in [7, 11) is -0.963. The van der Waals surface area contributed by atoms with Gasteiger partial charge in [0, 0.05) is 26.7 Å². The van der Waals surface area contributed by atoms with E-state index in [9.17, 15) is 18.0 Å². The molecule has 2 rings (SSSR count). The number of sulfonamides is 1. The maximum atomic E-state index is 12.4. The summed E-state index contributed by atoms with van der Waals surface area (Å²) in [6.45, 7) is 1.76. The lowest BCUT2D eigenvalue weighted by Crippen LogP contribution is -2.40. The molecule has 1 aromatic heterocycles. The lowest BCUT2D eigenvalue weighted by Gasteiger charge is -2.19. The Kier molecular flexibility index (Phi) is 4.30. The molecule has 1 aliphatic heterocycles. The normalized spacial score (nSPS) is 18.9. The molecular weight excluding hydrogens is 312 g/mol. The van der Waals surface area contributed by atoms with Gasteiger partial charge in [0.1, 0.15) is 16.7 Å². The number of amides is 1. The summed E-state index contributed by atoms with van der Waals surface area (Å²) in [4.78, 5) is 24.6. The minimum absolute atomic E-state index is 0.0908. The zero-order valence-electron chi connectivity index (χ0n) is 12.6. The fourth-order valence-electron chi connectivity index (χ4n) is 2.43. The van der Waals surface area contributed by atoms with Crippen molar-refractivity contribution in [2.75, 3.05) is 20.6 Å². The van der Waals surface area contributed by atoms with E-state index < -0.39 is 27.9 Å². The van der Waals surface area contributed by atoms with Gasteiger partial charge in [0.25, 0.3) is 5.91 Å². The molecule has 1 amide bonds. The van der Waals surface area contributed by atoms with Gasteiger partial charge >= 0.3 is 5.97 Å². The average molecular weight is 330 g/mol. The number of rotatable bonds is 4. The van der Waals surface area contributed by atoms with Gasteiger partial charge in [0.15, 0.2) is 5.76 Å². The molecule has 9 heteroatoms. The number of likely N-dealkylation sites (tertiary alicyclic amines) is 1. The number of carboxylic acids is 1. The smallest absolute Gasteiger partial charge is 0.326 e. The van der Waals surface area contributed by atoms with Crippen molar-refractivity contribution in [2.45, 2.75) is 30.7 Å². The van der Waals surface area contributed by atoms with Gasteiger partial charge in [-0.05, 0) is 19.8 Å². The monoisotopic (exact) mass is 330 g/mol. The molecule has 0 aliphatic carbocycles. The minimum Gasteiger partial charge on any atom is -0.480 e. The minimum atomic E-state index is -3.72. The van der Waals surface area contributed by atoms with Gasteiger partial charge in [-0.3, -0.25) is 4.79 Å². The Labute approximate surface area is 128 Å². The number of furan rings is 1. The van der Waals surface area contributed by atoms with E-state index >= 15 is 0 Å². The molecule has 0 bridgehead atoms. The highest BCUT2D eigenvalue weighted by atomic mass is 32.2. The largest absolute Gasteiger partial charge is 0.480 e. The third kappa shape index (κ3) is 2.73. The molecule has 0 saturated carbocycles. The summed E-state index contributed by atoms with van der Waals surface area (Å²) in [6, 6.07) is 0.261. The molecule has 0 radical (unpaired) electrons. The lowest BCUT2D eigenvalue weighted by molar-refractivity contribution is -0.141. The highest BCUT2D eigenvalue weighted by molar-refractivity contribution is 7.89. The molecule has 1 aromatic rings. The standard InChI is InChI=1S/C13H18N2O6S/c1-8-11(22(19,20)14(2)3)7-10(21-8)12(16)15-6-4-5-9(15)13(17)18/h7,9H,4-6H2,1-3H3,(H,17,18). The van der Waals surface area contributed by atoms with Crippen molar-refractivity contribution < 1.29 is 27.5 Å². The lowest BCUT2D eigenvalue weighted by atomic mass is 10.2. The van der Waals surface area contributed by atoms with Crippen LogP contribution in [-0.2, 0) is 14.8 Å². The number of hydrogen-bond donors (Lipinski definition) is 1. The zero-order valence-corrected chi connectivity index (χ0v) is 13.4. The average Bonchev–Trinajstić information content (AvgIpc) is 3.04. The molecule has 2 heterocycles. The second-order valence-corrected chi connectivity index (χ2v) is 7.43. The summed E-state index contributed by atoms with van der Waals surface area (Å²) in [6.07, 6.45) is 0.967. The maximum Gasteiger partial charge on any atom is 0.326 e. The van der Waals surface area contributed by atoms with Crippen LogP contribution in [0, 0.1) is 6.92 Å². The van der Waals surface area contributed by atoms with Crippen LogP contribution in [0.5, 0.6) is 0 Å². The fraction of sp³-hybridized carbons (Fsp3) is 0.538. The van der Waals surface area contributed by atoms with Gasteiger partial charge in [0.05, 0.1) is 0 Å². The Morgan fingerprint density at radius 3 is 2.59 bits per heavy atom. The predicted octanol–water partition coefficient (Wildman–Crippen LogP) is 0.528. The molecule has 0 spiro atoms. The molecule has 1 saturated heterocycles. The van der Waals surface area contributed by atoms with Crippen LogP contribution in [0.15, 0.2) is 15.4 Å². The number of carbonyl (C=O) groups excluding carboxylic acids is 1. The molecule has 22 heavy (non-hydrogen) atoms. The molecule has 1 atom stereocenters. The van der Waals surface area contributed by atoms with Crippen molar-refractivity contribution in [3.8, 4) is 0 Å². The van der Waals surface area contributed by atoms with Crippen molar-refractivity contribution >= 4 is 21.9 Å². The molecule has 1 N–H and O–H groups in total. The highest BCUT2D eigenvalue weighted by Crippen LogP contribution is 2.26. The number of aryl methyl sites for hydroxylation is 1. The first-order chi connectivity index (χ1) is 10.2. The number of hydrogen-bond acceptors (Lipinski definition) is 5. The first kappa shape index (κ1) is 16.5. The number of aliphatic carboxylic acids is 1. The second kappa shape index (κ2) is 5.73.